The average molecular weight is 534 g/mol. The molecule has 1 aromatic rings. The maximum absolute atomic E-state index is 11.6. The molecule has 0 aliphatic rings. The molecule has 0 saturated carbocycles. The maximum Gasteiger partial charge on any atom is 0.224 e. The van der Waals surface area contributed by atoms with Crippen LogP contribution in [0.1, 0.15) is 48.0 Å². The molecule has 0 saturated heterocycles. The minimum Gasteiger partial charge on any atom is -0.491 e. The van der Waals surface area contributed by atoms with Crippen molar-refractivity contribution in [3.8, 4) is 5.75 Å². The van der Waals surface area contributed by atoms with E-state index < -0.39 is 5.41 Å². The van der Waals surface area contributed by atoms with E-state index in [1.807, 2.05) is 38.1 Å². The minimum absolute atomic E-state index is 0. The summed E-state index contributed by atoms with van der Waals surface area (Å²) in [6, 6.07) is 7.68. The number of benzene rings is 1. The fraction of sp³-hybridized carbons (Fsp3) is 0.636. The lowest BCUT2D eigenvalue weighted by atomic mass is 9.93. The van der Waals surface area contributed by atoms with Gasteiger partial charge >= 0.3 is 0 Å². The number of primary amides is 1. The molecule has 0 heterocycles. The van der Waals surface area contributed by atoms with Gasteiger partial charge in [0, 0.05) is 25.4 Å². The Bertz CT molecular complexity index is 646. The molecule has 0 atom stereocenters. The van der Waals surface area contributed by atoms with Crippen molar-refractivity contribution < 1.29 is 14.3 Å². The van der Waals surface area contributed by atoms with E-state index in [0.717, 1.165) is 24.5 Å². The number of aliphatic imine (C=N–C) groups is 1. The van der Waals surface area contributed by atoms with Crippen molar-refractivity contribution in [1.82, 2.24) is 5.32 Å². The summed E-state index contributed by atoms with van der Waals surface area (Å²) in [4.78, 5) is 16.1. The van der Waals surface area contributed by atoms with Crippen molar-refractivity contribution in [3.05, 3.63) is 24.3 Å². The maximum atomic E-state index is 11.6. The molecule has 4 N–H and O–H groups in total. The molecule has 0 radical (unpaired) electrons. The smallest absolute Gasteiger partial charge is 0.224 e. The SMILES string of the molecule is CC(C)COCCCNC(=NCC(C)(C)C(N)=O)Nc1ccc(OC(C)C)cc1.I. The van der Waals surface area contributed by atoms with E-state index in [1.54, 1.807) is 13.8 Å². The Balaban J connectivity index is 0.00000841. The van der Waals surface area contributed by atoms with E-state index in [2.05, 4.69) is 29.5 Å². The molecular formula is C22H39IN4O3. The molecule has 0 unspecified atom stereocenters. The first-order valence-corrected chi connectivity index (χ1v) is 10.3. The average Bonchev–Trinajstić information content (AvgIpc) is 2.63. The number of nitrogens with one attached hydrogen (secondary N) is 2. The van der Waals surface area contributed by atoms with Crippen molar-refractivity contribution in [2.24, 2.45) is 22.1 Å². The standard InChI is InChI=1S/C22H38N4O3.HI/c1-16(2)14-28-13-7-12-24-21(25-15-22(5,6)20(23)27)26-18-8-10-19(11-9-18)29-17(3)4;/h8-11,16-17H,7,12-15H2,1-6H3,(H2,23,27)(H2,24,25,26);1H. The number of hydrogen-bond donors (Lipinski definition) is 3. The van der Waals surface area contributed by atoms with Crippen LogP contribution in [0.3, 0.4) is 0 Å². The lowest BCUT2D eigenvalue weighted by Gasteiger charge is -2.19. The van der Waals surface area contributed by atoms with Crippen LogP contribution in [0.25, 0.3) is 0 Å². The Labute approximate surface area is 198 Å². The first kappa shape index (κ1) is 28.5. The Morgan fingerprint density at radius 2 is 1.80 bits per heavy atom. The summed E-state index contributed by atoms with van der Waals surface area (Å²) in [5.41, 5.74) is 5.62. The number of nitrogens with zero attached hydrogens (tertiary/aromatic N) is 1. The van der Waals surface area contributed by atoms with Gasteiger partial charge in [0.25, 0.3) is 0 Å². The largest absolute Gasteiger partial charge is 0.491 e. The fourth-order valence-electron chi connectivity index (χ4n) is 2.22. The number of halogens is 1. The van der Waals surface area contributed by atoms with Crippen LogP contribution >= 0.6 is 24.0 Å². The molecule has 0 aromatic heterocycles. The van der Waals surface area contributed by atoms with Crippen LogP contribution in [0.4, 0.5) is 5.69 Å². The van der Waals surface area contributed by atoms with Crippen molar-refractivity contribution in [3.63, 3.8) is 0 Å². The van der Waals surface area contributed by atoms with E-state index in [1.165, 1.54) is 0 Å². The number of rotatable bonds is 12. The summed E-state index contributed by atoms with van der Waals surface area (Å²) in [5, 5.41) is 6.56. The lowest BCUT2D eigenvalue weighted by Crippen LogP contribution is -2.37. The fourth-order valence-corrected chi connectivity index (χ4v) is 2.22. The first-order chi connectivity index (χ1) is 13.6. The molecule has 1 rings (SSSR count). The molecule has 0 bridgehead atoms. The molecule has 0 aliphatic heterocycles. The highest BCUT2D eigenvalue weighted by atomic mass is 127. The molecule has 0 aliphatic carbocycles. The third-order valence-electron chi connectivity index (χ3n) is 4.00. The summed E-state index contributed by atoms with van der Waals surface area (Å²) >= 11 is 0. The second-order valence-electron chi connectivity index (χ2n) is 8.48. The van der Waals surface area contributed by atoms with Crippen LogP contribution in [0.2, 0.25) is 0 Å². The van der Waals surface area contributed by atoms with Gasteiger partial charge in [0.05, 0.1) is 18.1 Å². The van der Waals surface area contributed by atoms with Crippen LogP contribution < -0.4 is 21.1 Å². The molecule has 7 nitrogen and oxygen atoms in total. The molecule has 1 amide bonds. The van der Waals surface area contributed by atoms with Gasteiger partial charge in [-0.25, -0.2) is 0 Å². The second-order valence-corrected chi connectivity index (χ2v) is 8.48. The monoisotopic (exact) mass is 534 g/mol. The molecule has 30 heavy (non-hydrogen) atoms. The number of hydrogen-bond acceptors (Lipinski definition) is 4. The van der Waals surface area contributed by atoms with Gasteiger partial charge < -0.3 is 25.8 Å². The Hall–Kier alpha value is -1.55. The van der Waals surface area contributed by atoms with Crippen LogP contribution in [0.15, 0.2) is 29.3 Å². The predicted molar refractivity (Wildman–Crippen MR) is 135 cm³/mol. The third kappa shape index (κ3) is 12.2. The molecule has 0 fully saturated rings. The highest BCUT2D eigenvalue weighted by Crippen LogP contribution is 2.18. The van der Waals surface area contributed by atoms with Gasteiger partial charge in [0.15, 0.2) is 5.96 Å². The van der Waals surface area contributed by atoms with Crippen molar-refractivity contribution >= 4 is 41.5 Å². The minimum atomic E-state index is -0.718. The number of nitrogens with two attached hydrogens (primary N) is 1. The van der Waals surface area contributed by atoms with Gasteiger partial charge in [0.2, 0.25) is 5.91 Å². The molecule has 1 aromatic carbocycles. The van der Waals surface area contributed by atoms with Crippen molar-refractivity contribution in [2.45, 2.75) is 54.1 Å². The summed E-state index contributed by atoms with van der Waals surface area (Å²) < 4.78 is 11.3. The Kier molecular flexibility index (Phi) is 13.7. The van der Waals surface area contributed by atoms with Crippen LogP contribution in [-0.4, -0.2) is 44.3 Å². The van der Waals surface area contributed by atoms with Crippen molar-refractivity contribution in [2.75, 3.05) is 31.6 Å². The Morgan fingerprint density at radius 3 is 2.33 bits per heavy atom. The van der Waals surface area contributed by atoms with Gasteiger partial charge in [-0.15, -0.1) is 24.0 Å². The zero-order valence-electron chi connectivity index (χ0n) is 19.2. The quantitative estimate of drug-likeness (QED) is 0.163. The van der Waals surface area contributed by atoms with Gasteiger partial charge in [-0.1, -0.05) is 13.8 Å². The molecule has 8 heteroatoms. The highest BCUT2D eigenvalue weighted by Gasteiger charge is 2.24. The number of carbonyl (C=O) groups excluding carboxylic acids is 1. The Morgan fingerprint density at radius 1 is 1.17 bits per heavy atom. The van der Waals surface area contributed by atoms with Crippen LogP contribution in [0.5, 0.6) is 5.75 Å². The number of guanidine groups is 1. The van der Waals surface area contributed by atoms with Crippen LogP contribution in [0, 0.1) is 11.3 Å². The lowest BCUT2D eigenvalue weighted by molar-refractivity contribution is -0.125. The normalized spacial score (nSPS) is 11.9. The van der Waals surface area contributed by atoms with E-state index >= 15 is 0 Å². The zero-order chi connectivity index (χ0) is 21.9. The van der Waals surface area contributed by atoms with Gasteiger partial charge in [-0.2, -0.15) is 0 Å². The van der Waals surface area contributed by atoms with E-state index in [0.29, 0.717) is 25.0 Å². The zero-order valence-corrected chi connectivity index (χ0v) is 21.5. The summed E-state index contributed by atoms with van der Waals surface area (Å²) in [5.74, 6) is 1.56. The first-order valence-electron chi connectivity index (χ1n) is 10.3. The topological polar surface area (TPSA) is 98.0 Å². The van der Waals surface area contributed by atoms with Crippen molar-refractivity contribution in [1.29, 1.82) is 0 Å². The molecular weight excluding hydrogens is 495 g/mol. The third-order valence-corrected chi connectivity index (χ3v) is 4.00. The van der Waals surface area contributed by atoms with E-state index in [9.17, 15) is 4.79 Å². The number of ether oxygens (including phenoxy) is 2. The number of carbonyl (C=O) groups is 1. The number of amides is 1. The predicted octanol–water partition coefficient (Wildman–Crippen LogP) is 4.02. The summed E-state index contributed by atoms with van der Waals surface area (Å²) in [6.45, 7) is 14.3. The summed E-state index contributed by atoms with van der Waals surface area (Å²) in [7, 11) is 0. The van der Waals surface area contributed by atoms with Gasteiger partial charge in [-0.05, 0) is 64.3 Å². The number of anilines is 1. The van der Waals surface area contributed by atoms with Gasteiger partial charge in [-0.3, -0.25) is 9.79 Å². The van der Waals surface area contributed by atoms with E-state index in [4.69, 9.17) is 15.2 Å². The molecule has 0 spiro atoms. The molecule has 172 valence electrons. The van der Waals surface area contributed by atoms with Gasteiger partial charge in [0.1, 0.15) is 5.75 Å². The van der Waals surface area contributed by atoms with E-state index in [-0.39, 0.29) is 42.5 Å². The second kappa shape index (κ2) is 14.5. The highest BCUT2D eigenvalue weighted by molar-refractivity contribution is 14.0. The summed E-state index contributed by atoms with van der Waals surface area (Å²) in [6.07, 6.45) is 0.981. The van der Waals surface area contributed by atoms with Crippen LogP contribution in [-0.2, 0) is 9.53 Å².